The molecular weight excluding hydrogens is 212 g/mol. The predicted molar refractivity (Wildman–Crippen MR) is 73.4 cm³/mol. The highest BCUT2D eigenvalue weighted by Gasteiger charge is 2.48. The molecule has 3 nitrogen and oxygen atoms in total. The average molecular weight is 242 g/mol. The van der Waals surface area contributed by atoms with Gasteiger partial charge in [0.2, 0.25) is 0 Å². The SMILES string of the molecule is CCOC1CC(NCCCNC(C)C)C1(C)C. The van der Waals surface area contributed by atoms with E-state index in [-0.39, 0.29) is 0 Å². The van der Waals surface area contributed by atoms with E-state index in [4.69, 9.17) is 4.74 Å². The summed E-state index contributed by atoms with van der Waals surface area (Å²) in [6, 6.07) is 1.22. The van der Waals surface area contributed by atoms with E-state index in [0.29, 0.717) is 23.6 Å². The molecule has 0 bridgehead atoms. The van der Waals surface area contributed by atoms with Crippen molar-refractivity contribution >= 4 is 0 Å². The molecule has 1 aliphatic rings. The van der Waals surface area contributed by atoms with E-state index in [2.05, 4.69) is 45.3 Å². The highest BCUT2D eigenvalue weighted by atomic mass is 16.5. The molecule has 1 rings (SSSR count). The number of hydrogen-bond acceptors (Lipinski definition) is 3. The second-order valence-corrected chi connectivity index (χ2v) is 5.97. The first-order chi connectivity index (χ1) is 7.98. The quantitative estimate of drug-likeness (QED) is 0.640. The maximum absolute atomic E-state index is 5.73. The topological polar surface area (TPSA) is 33.3 Å². The Bertz CT molecular complexity index is 216. The zero-order valence-corrected chi connectivity index (χ0v) is 12.2. The van der Waals surface area contributed by atoms with Crippen LogP contribution in [-0.4, -0.2) is 37.9 Å². The molecule has 1 saturated carbocycles. The summed E-state index contributed by atoms with van der Waals surface area (Å²) in [4.78, 5) is 0. The minimum absolute atomic E-state index is 0.293. The van der Waals surface area contributed by atoms with Crippen LogP contribution in [0.2, 0.25) is 0 Å². The molecule has 0 spiro atoms. The van der Waals surface area contributed by atoms with Crippen LogP contribution in [0.15, 0.2) is 0 Å². The minimum atomic E-state index is 0.293. The van der Waals surface area contributed by atoms with Gasteiger partial charge in [0, 0.05) is 24.1 Å². The molecule has 3 heteroatoms. The van der Waals surface area contributed by atoms with E-state index >= 15 is 0 Å². The molecule has 1 aliphatic carbocycles. The first-order valence-electron chi connectivity index (χ1n) is 7.06. The van der Waals surface area contributed by atoms with Gasteiger partial charge in [0.1, 0.15) is 0 Å². The normalized spacial score (nSPS) is 27.2. The van der Waals surface area contributed by atoms with Crippen LogP contribution in [-0.2, 0) is 4.74 Å². The van der Waals surface area contributed by atoms with Crippen LogP contribution in [0.1, 0.15) is 47.5 Å². The van der Waals surface area contributed by atoms with Crippen LogP contribution < -0.4 is 10.6 Å². The van der Waals surface area contributed by atoms with Crippen molar-refractivity contribution in [3.63, 3.8) is 0 Å². The number of nitrogens with one attached hydrogen (secondary N) is 2. The van der Waals surface area contributed by atoms with Crippen molar-refractivity contribution in [1.82, 2.24) is 10.6 Å². The van der Waals surface area contributed by atoms with Gasteiger partial charge < -0.3 is 15.4 Å². The van der Waals surface area contributed by atoms with Gasteiger partial charge in [-0.2, -0.15) is 0 Å². The van der Waals surface area contributed by atoms with Crippen LogP contribution in [0.25, 0.3) is 0 Å². The predicted octanol–water partition coefficient (Wildman–Crippen LogP) is 2.17. The van der Waals surface area contributed by atoms with E-state index in [9.17, 15) is 0 Å². The highest BCUT2D eigenvalue weighted by molar-refractivity contribution is 5.02. The Balaban J connectivity index is 2.09. The molecule has 0 aromatic carbocycles. The standard InChI is InChI=1S/C14H30N2O/c1-6-17-13-10-12(14(13,4)5)16-9-7-8-15-11(2)3/h11-13,15-16H,6-10H2,1-5H3. The molecule has 17 heavy (non-hydrogen) atoms. The van der Waals surface area contributed by atoms with E-state index in [0.717, 1.165) is 19.7 Å². The van der Waals surface area contributed by atoms with Crippen LogP contribution in [0, 0.1) is 5.41 Å². The first-order valence-corrected chi connectivity index (χ1v) is 7.06. The summed E-state index contributed by atoms with van der Waals surface area (Å²) < 4.78 is 5.73. The maximum atomic E-state index is 5.73. The highest BCUT2D eigenvalue weighted by Crippen LogP contribution is 2.42. The second kappa shape index (κ2) is 6.72. The summed E-state index contributed by atoms with van der Waals surface area (Å²) in [7, 11) is 0. The Morgan fingerprint density at radius 3 is 2.53 bits per heavy atom. The van der Waals surface area contributed by atoms with Crippen molar-refractivity contribution in [3.8, 4) is 0 Å². The van der Waals surface area contributed by atoms with Gasteiger partial charge in [0.25, 0.3) is 0 Å². The summed E-state index contributed by atoms with van der Waals surface area (Å²) in [6.45, 7) is 14.1. The molecule has 102 valence electrons. The summed E-state index contributed by atoms with van der Waals surface area (Å²) in [5, 5.41) is 7.09. The third-order valence-corrected chi connectivity index (χ3v) is 3.84. The number of hydrogen-bond donors (Lipinski definition) is 2. The maximum Gasteiger partial charge on any atom is 0.0655 e. The van der Waals surface area contributed by atoms with Gasteiger partial charge in [0.05, 0.1) is 6.10 Å². The zero-order chi connectivity index (χ0) is 12.9. The van der Waals surface area contributed by atoms with E-state index in [1.165, 1.54) is 12.8 Å². The average Bonchev–Trinajstić information content (AvgIpc) is 2.25. The van der Waals surface area contributed by atoms with Crippen LogP contribution >= 0.6 is 0 Å². The second-order valence-electron chi connectivity index (χ2n) is 5.97. The third kappa shape index (κ3) is 4.23. The van der Waals surface area contributed by atoms with Crippen LogP contribution in [0.5, 0.6) is 0 Å². The van der Waals surface area contributed by atoms with E-state index < -0.39 is 0 Å². The third-order valence-electron chi connectivity index (χ3n) is 3.84. The molecule has 2 unspecified atom stereocenters. The van der Waals surface area contributed by atoms with Gasteiger partial charge in [-0.15, -0.1) is 0 Å². The van der Waals surface area contributed by atoms with Crippen molar-refractivity contribution in [3.05, 3.63) is 0 Å². The molecule has 0 aromatic heterocycles. The summed E-state index contributed by atoms with van der Waals surface area (Å²) in [5.41, 5.74) is 0.293. The van der Waals surface area contributed by atoms with Crippen molar-refractivity contribution in [2.75, 3.05) is 19.7 Å². The fraction of sp³-hybridized carbons (Fsp3) is 1.00. The Morgan fingerprint density at radius 1 is 1.29 bits per heavy atom. The molecule has 0 heterocycles. The molecule has 2 N–H and O–H groups in total. The van der Waals surface area contributed by atoms with Crippen molar-refractivity contribution < 1.29 is 4.74 Å². The number of rotatable bonds is 8. The first kappa shape index (κ1) is 14.9. The lowest BCUT2D eigenvalue weighted by molar-refractivity contribution is -0.113. The Morgan fingerprint density at radius 2 is 2.00 bits per heavy atom. The largest absolute Gasteiger partial charge is 0.378 e. The lowest BCUT2D eigenvalue weighted by Crippen LogP contribution is -2.61. The van der Waals surface area contributed by atoms with E-state index in [1.807, 2.05) is 0 Å². The van der Waals surface area contributed by atoms with E-state index in [1.54, 1.807) is 0 Å². The van der Waals surface area contributed by atoms with Crippen LogP contribution in [0.4, 0.5) is 0 Å². The minimum Gasteiger partial charge on any atom is -0.378 e. The molecule has 2 atom stereocenters. The molecule has 0 aromatic rings. The lowest BCUT2D eigenvalue weighted by atomic mass is 9.64. The summed E-state index contributed by atoms with van der Waals surface area (Å²) in [6.07, 6.45) is 2.81. The molecule has 0 saturated heterocycles. The molecule has 1 fully saturated rings. The number of ether oxygens (including phenoxy) is 1. The van der Waals surface area contributed by atoms with Gasteiger partial charge in [-0.3, -0.25) is 0 Å². The van der Waals surface area contributed by atoms with Gasteiger partial charge in [-0.1, -0.05) is 27.7 Å². The van der Waals surface area contributed by atoms with Gasteiger partial charge in [-0.05, 0) is 32.9 Å². The monoisotopic (exact) mass is 242 g/mol. The smallest absolute Gasteiger partial charge is 0.0655 e. The fourth-order valence-electron chi connectivity index (χ4n) is 2.47. The lowest BCUT2D eigenvalue weighted by Gasteiger charge is -2.52. The summed E-state index contributed by atoms with van der Waals surface area (Å²) in [5.74, 6) is 0. The molecule has 0 radical (unpaired) electrons. The van der Waals surface area contributed by atoms with Crippen molar-refractivity contribution in [1.29, 1.82) is 0 Å². The van der Waals surface area contributed by atoms with Gasteiger partial charge in [0.15, 0.2) is 0 Å². The Labute approximate surface area is 107 Å². The zero-order valence-electron chi connectivity index (χ0n) is 12.2. The molecular formula is C14H30N2O. The van der Waals surface area contributed by atoms with Gasteiger partial charge in [-0.25, -0.2) is 0 Å². The summed E-state index contributed by atoms with van der Waals surface area (Å²) >= 11 is 0. The fourth-order valence-corrected chi connectivity index (χ4v) is 2.47. The Hall–Kier alpha value is -0.120. The molecule has 0 aliphatic heterocycles. The Kier molecular flexibility index (Phi) is 5.90. The van der Waals surface area contributed by atoms with Crippen molar-refractivity contribution in [2.45, 2.75) is 65.6 Å². The van der Waals surface area contributed by atoms with Crippen LogP contribution in [0.3, 0.4) is 0 Å². The van der Waals surface area contributed by atoms with Crippen molar-refractivity contribution in [2.24, 2.45) is 5.41 Å². The van der Waals surface area contributed by atoms with Gasteiger partial charge >= 0.3 is 0 Å². The molecule has 0 amide bonds.